The second kappa shape index (κ2) is 9.59. The van der Waals surface area contributed by atoms with Gasteiger partial charge in [-0.25, -0.2) is 4.98 Å². The van der Waals surface area contributed by atoms with Crippen molar-refractivity contribution >= 4 is 64.1 Å². The van der Waals surface area contributed by atoms with Gasteiger partial charge in [-0.1, -0.05) is 140 Å². The van der Waals surface area contributed by atoms with E-state index in [1.54, 1.807) is 0 Å². The monoisotopic (exact) mass is 564 g/mol. The first-order chi connectivity index (χ1) is 21.3. The molecule has 2 nitrogen and oxygen atoms in total. The van der Waals surface area contributed by atoms with Gasteiger partial charge in [-0.2, -0.15) is 0 Å². The van der Waals surface area contributed by atoms with Gasteiger partial charge in [0.05, 0.1) is 22.9 Å². The Balaban J connectivity index is 1.29. The molecule has 2 aromatic heterocycles. The second-order valence-electron chi connectivity index (χ2n) is 10.9. The van der Waals surface area contributed by atoms with Crippen LogP contribution in [0.5, 0.6) is 0 Å². The molecule has 0 saturated heterocycles. The Labute approximate surface area is 252 Å². The molecule has 3 heteroatoms. The minimum atomic E-state index is 0.881. The van der Waals surface area contributed by atoms with Crippen LogP contribution in [0.2, 0.25) is 0 Å². The molecule has 0 radical (unpaired) electrons. The summed E-state index contributed by atoms with van der Waals surface area (Å²) in [5.74, 6) is 0. The molecule has 0 spiro atoms. The molecule has 0 amide bonds. The molecule has 0 N–H and O–H groups in total. The molecule has 9 rings (SSSR count). The number of rotatable bonds is 3. The predicted molar refractivity (Wildman–Crippen MR) is 184 cm³/mol. The fourth-order valence-corrected chi connectivity index (χ4v) is 7.94. The molecule has 0 saturated carbocycles. The number of benzene rings is 7. The molecule has 0 unspecified atom stereocenters. The predicted octanol–water partition coefficient (Wildman–Crippen LogP) is 11.3. The lowest BCUT2D eigenvalue weighted by Crippen LogP contribution is -1.93. The molecular weight excluding hydrogens is 541 g/mol. The number of hydrogen-bond acceptors (Lipinski definition) is 3. The quantitative estimate of drug-likeness (QED) is 0.199. The van der Waals surface area contributed by atoms with Crippen molar-refractivity contribution in [3.8, 4) is 33.5 Å². The van der Waals surface area contributed by atoms with E-state index in [1.807, 2.05) is 17.5 Å². The minimum Gasteiger partial charge on any atom is -0.252 e. The Morgan fingerprint density at radius 3 is 1.60 bits per heavy atom. The topological polar surface area (TPSA) is 25.8 Å². The van der Waals surface area contributed by atoms with Crippen molar-refractivity contribution in [1.29, 1.82) is 0 Å². The Morgan fingerprint density at radius 2 is 0.884 bits per heavy atom. The number of hydrogen-bond donors (Lipinski definition) is 0. The number of aromatic nitrogens is 2. The number of thiophene rings is 1. The van der Waals surface area contributed by atoms with E-state index >= 15 is 0 Å². The maximum absolute atomic E-state index is 5.33. The molecule has 7 aromatic carbocycles. The summed E-state index contributed by atoms with van der Waals surface area (Å²) in [4.78, 5) is 10.4. The van der Waals surface area contributed by atoms with Gasteiger partial charge in [-0.15, -0.1) is 11.3 Å². The molecule has 0 aliphatic carbocycles. The fraction of sp³-hybridized carbons (Fsp3) is 0. The third-order valence-corrected chi connectivity index (χ3v) is 9.82. The molecule has 0 fully saturated rings. The molecule has 9 aromatic rings. The molecule has 0 bridgehead atoms. The highest BCUT2D eigenvalue weighted by atomic mass is 32.1. The lowest BCUT2D eigenvalue weighted by molar-refractivity contribution is 1.31. The van der Waals surface area contributed by atoms with Crippen molar-refractivity contribution in [2.45, 2.75) is 0 Å². The summed E-state index contributed by atoms with van der Waals surface area (Å²) < 4.78 is 2.61. The molecule has 2 heterocycles. The van der Waals surface area contributed by atoms with Gasteiger partial charge in [0.15, 0.2) is 0 Å². The van der Waals surface area contributed by atoms with Crippen LogP contribution in [0.1, 0.15) is 0 Å². The molecular formula is C40H24N2S. The van der Waals surface area contributed by atoms with Crippen LogP contribution in [0.15, 0.2) is 146 Å². The summed E-state index contributed by atoms with van der Waals surface area (Å²) in [6, 6.07) is 49.7. The normalized spacial score (nSPS) is 11.7. The Morgan fingerprint density at radius 1 is 0.372 bits per heavy atom. The zero-order valence-corrected chi connectivity index (χ0v) is 24.0. The van der Waals surface area contributed by atoms with Crippen molar-refractivity contribution in [3.63, 3.8) is 0 Å². The van der Waals surface area contributed by atoms with E-state index < -0.39 is 0 Å². The van der Waals surface area contributed by atoms with E-state index in [1.165, 1.54) is 53.2 Å². The summed E-state index contributed by atoms with van der Waals surface area (Å²) in [6.07, 6.45) is 1.95. The van der Waals surface area contributed by atoms with Gasteiger partial charge in [0, 0.05) is 42.1 Å². The lowest BCUT2D eigenvalue weighted by Gasteiger charge is -2.13. The first-order valence-corrected chi connectivity index (χ1v) is 15.3. The zero-order valence-electron chi connectivity index (χ0n) is 23.2. The second-order valence-corrected chi connectivity index (χ2v) is 11.9. The van der Waals surface area contributed by atoms with Gasteiger partial charge in [-0.05, 0) is 27.5 Å². The van der Waals surface area contributed by atoms with Crippen molar-refractivity contribution in [2.24, 2.45) is 0 Å². The van der Waals surface area contributed by atoms with Gasteiger partial charge in [0.2, 0.25) is 0 Å². The maximum Gasteiger partial charge on any atom is 0.0979 e. The summed E-state index contributed by atoms with van der Waals surface area (Å²) in [5.41, 5.74) is 8.75. The summed E-state index contributed by atoms with van der Waals surface area (Å²) in [6.45, 7) is 0. The third kappa shape index (κ3) is 3.72. The lowest BCUT2D eigenvalue weighted by atomic mass is 9.95. The van der Waals surface area contributed by atoms with Gasteiger partial charge < -0.3 is 0 Å². The first kappa shape index (κ1) is 24.2. The molecule has 0 atom stereocenters. The van der Waals surface area contributed by atoms with Crippen LogP contribution < -0.4 is 0 Å². The molecule has 0 aliphatic rings. The average molecular weight is 565 g/mol. The van der Waals surface area contributed by atoms with E-state index in [-0.39, 0.29) is 0 Å². The fourth-order valence-electron chi connectivity index (χ4n) is 6.57. The highest BCUT2D eigenvalue weighted by Crippen LogP contribution is 2.45. The Bertz CT molecular complexity index is 2470. The molecule has 200 valence electrons. The summed E-state index contributed by atoms with van der Waals surface area (Å²) in [5, 5.41) is 7.25. The third-order valence-electron chi connectivity index (χ3n) is 8.53. The van der Waals surface area contributed by atoms with Crippen LogP contribution in [0.4, 0.5) is 0 Å². The highest BCUT2D eigenvalue weighted by Gasteiger charge is 2.18. The maximum atomic E-state index is 5.33. The highest BCUT2D eigenvalue weighted by molar-refractivity contribution is 7.26. The number of nitrogens with zero attached hydrogens (tertiary/aromatic N) is 2. The van der Waals surface area contributed by atoms with E-state index in [0.29, 0.717) is 0 Å². The summed E-state index contributed by atoms with van der Waals surface area (Å²) in [7, 11) is 0. The van der Waals surface area contributed by atoms with E-state index in [2.05, 4.69) is 140 Å². The smallest absolute Gasteiger partial charge is 0.0979 e. The minimum absolute atomic E-state index is 0.881. The van der Waals surface area contributed by atoms with Crippen LogP contribution in [-0.2, 0) is 0 Å². The van der Waals surface area contributed by atoms with Crippen molar-refractivity contribution in [1.82, 2.24) is 9.97 Å². The Kier molecular flexibility index (Phi) is 5.40. The molecule has 43 heavy (non-hydrogen) atoms. The van der Waals surface area contributed by atoms with Crippen LogP contribution in [0, 0.1) is 0 Å². The van der Waals surface area contributed by atoms with Crippen LogP contribution in [0.3, 0.4) is 0 Å². The number of fused-ring (bicyclic) bond motifs is 9. The SMILES string of the molecule is c1ccc(-c2cccc3c2sc2c(-c4ccccc4-c4cnc5c6ccccc6c6ccccc6c5n4)cccc23)cc1. The van der Waals surface area contributed by atoms with Crippen LogP contribution in [0.25, 0.3) is 86.3 Å². The van der Waals surface area contributed by atoms with Crippen molar-refractivity contribution in [2.75, 3.05) is 0 Å². The van der Waals surface area contributed by atoms with Gasteiger partial charge >= 0.3 is 0 Å². The van der Waals surface area contributed by atoms with E-state index in [9.17, 15) is 0 Å². The van der Waals surface area contributed by atoms with E-state index in [4.69, 9.17) is 9.97 Å². The zero-order chi connectivity index (χ0) is 28.3. The molecule has 0 aliphatic heterocycles. The van der Waals surface area contributed by atoms with Crippen molar-refractivity contribution in [3.05, 3.63) is 146 Å². The largest absolute Gasteiger partial charge is 0.252 e. The Hall–Kier alpha value is -5.38. The summed E-state index contributed by atoms with van der Waals surface area (Å²) >= 11 is 1.88. The van der Waals surface area contributed by atoms with Gasteiger partial charge in [-0.3, -0.25) is 4.98 Å². The van der Waals surface area contributed by atoms with Crippen LogP contribution >= 0.6 is 11.3 Å². The van der Waals surface area contributed by atoms with E-state index in [0.717, 1.165) is 33.1 Å². The van der Waals surface area contributed by atoms with Crippen LogP contribution in [-0.4, -0.2) is 9.97 Å². The van der Waals surface area contributed by atoms with Gasteiger partial charge in [0.25, 0.3) is 0 Å². The average Bonchev–Trinajstić information content (AvgIpc) is 3.48. The standard InChI is InChI=1S/C40H24N2S/c1-2-12-25(13-3-1)26-20-10-22-34-35-23-11-21-33(40(35)43-39(26)34)29-16-4-7-17-30(29)36-24-41-37-31-18-8-5-14-27(31)28-15-6-9-19-32(28)38(37)42-36/h1-24H. The first-order valence-electron chi connectivity index (χ1n) is 14.5. The van der Waals surface area contributed by atoms with Crippen molar-refractivity contribution < 1.29 is 0 Å². The van der Waals surface area contributed by atoms with Gasteiger partial charge in [0.1, 0.15) is 0 Å².